The molecule has 0 fully saturated rings. The molecule has 0 spiro atoms. The van der Waals surface area contributed by atoms with E-state index >= 15 is 0 Å². The van der Waals surface area contributed by atoms with Crippen LogP contribution in [0.5, 0.6) is 0 Å². The number of anilines is 1. The number of nitrogens with two attached hydrogens (primary N) is 1. The Bertz CT molecular complexity index is 651. The van der Waals surface area contributed by atoms with Crippen molar-refractivity contribution in [2.75, 3.05) is 5.32 Å². The summed E-state index contributed by atoms with van der Waals surface area (Å²) in [7, 11) is 0. The maximum Gasteiger partial charge on any atom is 0.269 e. The van der Waals surface area contributed by atoms with Crippen LogP contribution in [0.2, 0.25) is 0 Å². The van der Waals surface area contributed by atoms with Crippen molar-refractivity contribution in [1.29, 1.82) is 0 Å². The molecule has 0 unspecified atom stereocenters. The predicted octanol–water partition coefficient (Wildman–Crippen LogP) is 1.51. The quantitative estimate of drug-likeness (QED) is 0.887. The summed E-state index contributed by atoms with van der Waals surface area (Å²) in [4.78, 5) is 23.5. The molecule has 1 heterocycles. The lowest BCUT2D eigenvalue weighted by atomic mass is 10.1. The number of aromatic nitrogens is 2. The van der Waals surface area contributed by atoms with Gasteiger partial charge in [0.25, 0.3) is 5.91 Å². The van der Waals surface area contributed by atoms with Crippen LogP contribution in [0.25, 0.3) is 0 Å². The maximum absolute atomic E-state index is 12.0. The number of carbonyl (C=O) groups is 2. The first kappa shape index (κ1) is 13.2. The van der Waals surface area contributed by atoms with Gasteiger partial charge < -0.3 is 11.1 Å². The number of nitrogens with zero attached hydrogens (tertiary/aromatic N) is 2. The lowest BCUT2D eigenvalue weighted by Gasteiger charge is -2.08. The molecule has 0 radical (unpaired) electrons. The second-order valence-corrected chi connectivity index (χ2v) is 4.79. The number of amides is 2. The average molecular weight is 276 g/mol. The molecule has 3 N–H and O–H groups in total. The summed E-state index contributed by atoms with van der Waals surface area (Å²) in [6.45, 7) is 3.52. The fourth-order valence-electron chi connectivity index (χ4n) is 1.58. The fraction of sp³-hybridized carbons (Fsp3) is 0.167. The van der Waals surface area contributed by atoms with E-state index in [9.17, 15) is 9.59 Å². The van der Waals surface area contributed by atoms with E-state index in [2.05, 4.69) is 14.9 Å². The van der Waals surface area contributed by atoms with Crippen molar-refractivity contribution in [3.8, 4) is 0 Å². The van der Waals surface area contributed by atoms with Crippen molar-refractivity contribution in [3.05, 3.63) is 39.9 Å². The molecular formula is C12H12N4O2S. The highest BCUT2D eigenvalue weighted by molar-refractivity contribution is 7.08. The van der Waals surface area contributed by atoms with Gasteiger partial charge in [-0.25, -0.2) is 0 Å². The number of aryl methyl sites for hydroxylation is 2. The van der Waals surface area contributed by atoms with Crippen LogP contribution in [-0.4, -0.2) is 21.4 Å². The molecule has 0 aliphatic rings. The zero-order valence-corrected chi connectivity index (χ0v) is 11.2. The summed E-state index contributed by atoms with van der Waals surface area (Å²) in [6, 6.07) is 4.86. The van der Waals surface area contributed by atoms with E-state index in [4.69, 9.17) is 5.73 Å². The molecule has 98 valence electrons. The molecule has 0 saturated heterocycles. The molecule has 0 bridgehead atoms. The summed E-state index contributed by atoms with van der Waals surface area (Å²) in [6.07, 6.45) is 0. The fourth-order valence-corrected chi connectivity index (χ4v) is 2.13. The van der Waals surface area contributed by atoms with Crippen LogP contribution in [0, 0.1) is 13.8 Å². The average Bonchev–Trinajstić information content (AvgIpc) is 2.77. The molecule has 2 aromatic rings. The minimum atomic E-state index is -0.497. The second kappa shape index (κ2) is 5.15. The summed E-state index contributed by atoms with van der Waals surface area (Å²) in [5.41, 5.74) is 7.58. The minimum absolute atomic E-state index is 0.262. The zero-order chi connectivity index (χ0) is 14.0. The molecule has 2 amide bonds. The van der Waals surface area contributed by atoms with Crippen molar-refractivity contribution in [2.24, 2.45) is 5.73 Å². The third kappa shape index (κ3) is 2.76. The Balaban J connectivity index is 2.23. The first-order valence-electron chi connectivity index (χ1n) is 5.50. The molecule has 0 aliphatic carbocycles. The van der Waals surface area contributed by atoms with Crippen LogP contribution >= 0.6 is 11.5 Å². The molecule has 1 aromatic carbocycles. The summed E-state index contributed by atoms with van der Waals surface area (Å²) >= 11 is 1.04. The van der Waals surface area contributed by atoms with E-state index in [1.807, 2.05) is 0 Å². The van der Waals surface area contributed by atoms with Gasteiger partial charge in [-0.3, -0.25) is 9.59 Å². The Labute approximate surface area is 113 Å². The van der Waals surface area contributed by atoms with Crippen molar-refractivity contribution in [3.63, 3.8) is 0 Å². The van der Waals surface area contributed by atoms with Crippen LogP contribution in [0.15, 0.2) is 18.2 Å². The number of carbonyl (C=O) groups excluding carboxylic acids is 2. The maximum atomic E-state index is 12.0. The van der Waals surface area contributed by atoms with Crippen LogP contribution in [0.1, 0.15) is 31.3 Å². The van der Waals surface area contributed by atoms with E-state index in [-0.39, 0.29) is 5.91 Å². The highest BCUT2D eigenvalue weighted by Crippen LogP contribution is 2.19. The van der Waals surface area contributed by atoms with Gasteiger partial charge in [-0.2, -0.15) is 0 Å². The van der Waals surface area contributed by atoms with Gasteiger partial charge in [0.05, 0.1) is 5.69 Å². The van der Waals surface area contributed by atoms with E-state index in [1.54, 1.807) is 32.0 Å². The third-order valence-electron chi connectivity index (χ3n) is 2.62. The Morgan fingerprint density at radius 2 is 2.05 bits per heavy atom. The second-order valence-electron chi connectivity index (χ2n) is 4.04. The number of nitrogens with one attached hydrogen (secondary N) is 1. The Kier molecular flexibility index (Phi) is 3.57. The van der Waals surface area contributed by atoms with Gasteiger partial charge >= 0.3 is 0 Å². The van der Waals surface area contributed by atoms with Crippen LogP contribution in [0.3, 0.4) is 0 Å². The SMILES string of the molecule is Cc1cc(C(N)=O)ccc1NC(=O)c1snnc1C. The van der Waals surface area contributed by atoms with Crippen molar-refractivity contribution in [1.82, 2.24) is 9.59 Å². The normalized spacial score (nSPS) is 10.2. The van der Waals surface area contributed by atoms with E-state index in [0.29, 0.717) is 21.8 Å². The van der Waals surface area contributed by atoms with E-state index in [0.717, 1.165) is 17.1 Å². The van der Waals surface area contributed by atoms with Gasteiger partial charge in [0, 0.05) is 11.3 Å². The molecule has 0 aliphatic heterocycles. The molecule has 7 heteroatoms. The number of primary amides is 1. The summed E-state index contributed by atoms with van der Waals surface area (Å²) in [5, 5.41) is 6.54. The standard InChI is InChI=1S/C12H12N4O2S/c1-6-5-8(11(13)17)3-4-9(6)14-12(18)10-7(2)15-16-19-10/h3-5H,1-2H3,(H2,13,17)(H,14,18). The van der Waals surface area contributed by atoms with Crippen LogP contribution in [-0.2, 0) is 0 Å². The molecule has 6 nitrogen and oxygen atoms in total. The summed E-state index contributed by atoms with van der Waals surface area (Å²) in [5.74, 6) is -0.758. The van der Waals surface area contributed by atoms with Gasteiger partial charge in [0.1, 0.15) is 4.88 Å². The molecular weight excluding hydrogens is 264 g/mol. The van der Waals surface area contributed by atoms with Crippen molar-refractivity contribution in [2.45, 2.75) is 13.8 Å². The third-order valence-corrected chi connectivity index (χ3v) is 3.44. The number of rotatable bonds is 3. The Hall–Kier alpha value is -2.28. The first-order chi connectivity index (χ1) is 8.99. The van der Waals surface area contributed by atoms with Crippen molar-refractivity contribution >= 4 is 29.0 Å². The number of benzene rings is 1. The topological polar surface area (TPSA) is 98.0 Å². The molecule has 2 rings (SSSR count). The largest absolute Gasteiger partial charge is 0.366 e. The van der Waals surface area contributed by atoms with Gasteiger partial charge in [-0.05, 0) is 49.1 Å². The highest BCUT2D eigenvalue weighted by Gasteiger charge is 2.14. The first-order valence-corrected chi connectivity index (χ1v) is 6.27. The van der Waals surface area contributed by atoms with Gasteiger partial charge in [-0.1, -0.05) is 4.49 Å². The molecule has 19 heavy (non-hydrogen) atoms. The lowest BCUT2D eigenvalue weighted by Crippen LogP contribution is -2.14. The molecule has 0 atom stereocenters. The van der Waals surface area contributed by atoms with Crippen molar-refractivity contribution < 1.29 is 9.59 Å². The smallest absolute Gasteiger partial charge is 0.269 e. The molecule has 0 saturated carbocycles. The monoisotopic (exact) mass is 276 g/mol. The van der Waals surface area contributed by atoms with Crippen LogP contribution in [0.4, 0.5) is 5.69 Å². The Morgan fingerprint density at radius 1 is 1.32 bits per heavy atom. The van der Waals surface area contributed by atoms with Gasteiger partial charge in [0.15, 0.2) is 0 Å². The van der Waals surface area contributed by atoms with E-state index < -0.39 is 5.91 Å². The minimum Gasteiger partial charge on any atom is -0.366 e. The number of hydrogen-bond donors (Lipinski definition) is 2. The number of hydrogen-bond acceptors (Lipinski definition) is 5. The lowest BCUT2D eigenvalue weighted by molar-refractivity contribution is 0.0998. The van der Waals surface area contributed by atoms with Gasteiger partial charge in [-0.15, -0.1) is 5.10 Å². The summed E-state index contributed by atoms with van der Waals surface area (Å²) < 4.78 is 3.71. The molecule has 1 aromatic heterocycles. The predicted molar refractivity (Wildman–Crippen MR) is 72.3 cm³/mol. The van der Waals surface area contributed by atoms with Gasteiger partial charge in [0.2, 0.25) is 5.91 Å². The van der Waals surface area contributed by atoms with E-state index in [1.165, 1.54) is 0 Å². The van der Waals surface area contributed by atoms with Crippen LogP contribution < -0.4 is 11.1 Å². The zero-order valence-electron chi connectivity index (χ0n) is 10.4. The highest BCUT2D eigenvalue weighted by atomic mass is 32.1. The Morgan fingerprint density at radius 3 is 2.58 bits per heavy atom.